The van der Waals surface area contributed by atoms with Crippen molar-refractivity contribution in [2.75, 3.05) is 0 Å². The van der Waals surface area contributed by atoms with Gasteiger partial charge in [-0.25, -0.2) is 14.4 Å². The fourth-order valence-electron chi connectivity index (χ4n) is 2.10. The van der Waals surface area contributed by atoms with Crippen LogP contribution in [0.4, 0.5) is 4.39 Å². The average molecular weight is 269 g/mol. The molecule has 0 aliphatic rings. The van der Waals surface area contributed by atoms with E-state index in [9.17, 15) is 9.18 Å². The van der Waals surface area contributed by atoms with Crippen LogP contribution >= 0.6 is 0 Å². The van der Waals surface area contributed by atoms with E-state index in [1.54, 1.807) is 23.0 Å². The van der Waals surface area contributed by atoms with Crippen LogP contribution < -0.4 is 0 Å². The number of aromatic nitrogens is 3. The third kappa shape index (κ3) is 2.42. The van der Waals surface area contributed by atoms with E-state index in [1.165, 1.54) is 12.1 Å². The smallest absolute Gasteiger partial charge is 0.160 e. The Morgan fingerprint density at radius 2 is 1.95 bits per heavy atom. The highest BCUT2D eigenvalue weighted by atomic mass is 19.1. The first kappa shape index (κ1) is 12.5. The molecular formula is C15H12FN3O. The lowest BCUT2D eigenvalue weighted by molar-refractivity contribution is -0.108. The molecule has 2 aromatic heterocycles. The van der Waals surface area contributed by atoms with Gasteiger partial charge in [-0.1, -0.05) is 12.1 Å². The summed E-state index contributed by atoms with van der Waals surface area (Å²) in [5.41, 5.74) is 3.29. The highest BCUT2D eigenvalue weighted by Gasteiger charge is 2.06. The summed E-state index contributed by atoms with van der Waals surface area (Å²) in [5.74, 6) is -0.249. The minimum atomic E-state index is -0.249. The fourth-order valence-corrected chi connectivity index (χ4v) is 2.10. The number of hydrogen-bond acceptors (Lipinski definition) is 3. The van der Waals surface area contributed by atoms with E-state index in [1.807, 2.05) is 12.1 Å². The number of benzene rings is 1. The van der Waals surface area contributed by atoms with Crippen LogP contribution in [-0.2, 0) is 17.8 Å². The van der Waals surface area contributed by atoms with Crippen molar-refractivity contribution in [3.63, 3.8) is 0 Å². The zero-order chi connectivity index (χ0) is 13.9. The molecule has 100 valence electrons. The van der Waals surface area contributed by atoms with Crippen molar-refractivity contribution in [1.82, 2.24) is 14.5 Å². The van der Waals surface area contributed by atoms with E-state index in [0.29, 0.717) is 12.1 Å². The topological polar surface area (TPSA) is 47.8 Å². The number of rotatable bonds is 4. The van der Waals surface area contributed by atoms with Crippen molar-refractivity contribution in [2.24, 2.45) is 0 Å². The number of imidazole rings is 1. The number of halogens is 1. The number of nitrogens with zero attached hydrogens (tertiary/aromatic N) is 3. The maximum absolute atomic E-state index is 12.9. The van der Waals surface area contributed by atoms with E-state index >= 15 is 0 Å². The molecule has 5 heteroatoms. The normalized spacial score (nSPS) is 10.8. The Morgan fingerprint density at radius 1 is 1.15 bits per heavy atom. The molecule has 0 radical (unpaired) electrons. The minimum Gasteiger partial charge on any atom is -0.308 e. The highest BCUT2D eigenvalue weighted by Crippen LogP contribution is 2.14. The number of hydrogen-bond donors (Lipinski definition) is 0. The molecule has 20 heavy (non-hydrogen) atoms. The second kappa shape index (κ2) is 5.21. The maximum atomic E-state index is 12.9. The SMILES string of the molecule is O=CCn1cnc2ccc(Cc3ccc(F)cc3)nc21. The van der Waals surface area contributed by atoms with Gasteiger partial charge in [-0.2, -0.15) is 0 Å². The van der Waals surface area contributed by atoms with Crippen molar-refractivity contribution in [2.45, 2.75) is 13.0 Å². The summed E-state index contributed by atoms with van der Waals surface area (Å²) < 4.78 is 14.6. The fraction of sp³-hybridized carbons (Fsp3) is 0.133. The van der Waals surface area contributed by atoms with Crippen molar-refractivity contribution in [3.05, 3.63) is 59.8 Å². The first-order valence-electron chi connectivity index (χ1n) is 6.25. The van der Waals surface area contributed by atoms with Gasteiger partial charge in [0.05, 0.1) is 12.9 Å². The zero-order valence-corrected chi connectivity index (χ0v) is 10.7. The van der Waals surface area contributed by atoms with Crippen molar-refractivity contribution >= 4 is 17.5 Å². The monoisotopic (exact) mass is 269 g/mol. The summed E-state index contributed by atoms with van der Waals surface area (Å²) in [4.78, 5) is 19.3. The van der Waals surface area contributed by atoms with Gasteiger partial charge in [0.25, 0.3) is 0 Å². The highest BCUT2D eigenvalue weighted by molar-refractivity contribution is 5.72. The van der Waals surface area contributed by atoms with Gasteiger partial charge in [-0.05, 0) is 29.8 Å². The number of pyridine rings is 1. The molecule has 0 atom stereocenters. The van der Waals surface area contributed by atoms with Gasteiger partial charge in [0.2, 0.25) is 0 Å². The van der Waals surface area contributed by atoms with Crippen LogP contribution in [0.3, 0.4) is 0 Å². The number of carbonyl (C=O) groups excluding carboxylic acids is 1. The second-order valence-electron chi connectivity index (χ2n) is 4.51. The molecule has 0 saturated carbocycles. The predicted molar refractivity (Wildman–Crippen MR) is 72.8 cm³/mol. The molecule has 0 amide bonds. The average Bonchev–Trinajstić information content (AvgIpc) is 2.85. The van der Waals surface area contributed by atoms with Crippen LogP contribution in [0, 0.1) is 5.82 Å². The minimum absolute atomic E-state index is 0.240. The lowest BCUT2D eigenvalue weighted by Gasteiger charge is -2.03. The van der Waals surface area contributed by atoms with Crippen molar-refractivity contribution in [3.8, 4) is 0 Å². The molecule has 1 aromatic carbocycles. The van der Waals surface area contributed by atoms with E-state index in [2.05, 4.69) is 9.97 Å². The van der Waals surface area contributed by atoms with E-state index in [-0.39, 0.29) is 12.4 Å². The molecule has 0 spiro atoms. The Bertz CT molecular complexity index is 749. The Kier molecular flexibility index (Phi) is 3.25. The second-order valence-corrected chi connectivity index (χ2v) is 4.51. The molecule has 0 N–H and O–H groups in total. The van der Waals surface area contributed by atoms with Crippen LogP contribution in [0.15, 0.2) is 42.7 Å². The van der Waals surface area contributed by atoms with E-state index in [4.69, 9.17) is 0 Å². The van der Waals surface area contributed by atoms with Crippen molar-refractivity contribution in [1.29, 1.82) is 0 Å². The molecule has 0 bridgehead atoms. The van der Waals surface area contributed by atoms with Crippen molar-refractivity contribution < 1.29 is 9.18 Å². The lowest BCUT2D eigenvalue weighted by Crippen LogP contribution is -2.00. The Hall–Kier alpha value is -2.56. The summed E-state index contributed by atoms with van der Waals surface area (Å²) in [7, 11) is 0. The molecule has 3 aromatic rings. The van der Waals surface area contributed by atoms with Gasteiger partial charge < -0.3 is 9.36 Å². The summed E-state index contributed by atoms with van der Waals surface area (Å²) in [6.07, 6.45) is 3.03. The quantitative estimate of drug-likeness (QED) is 0.683. The molecule has 3 rings (SSSR count). The molecule has 0 unspecified atom stereocenters. The summed E-state index contributed by atoms with van der Waals surface area (Å²) in [5, 5.41) is 0. The third-order valence-corrected chi connectivity index (χ3v) is 3.09. The summed E-state index contributed by atoms with van der Waals surface area (Å²) in [6, 6.07) is 10.1. The first-order valence-corrected chi connectivity index (χ1v) is 6.25. The standard InChI is InChI=1S/C15H12FN3O/c16-12-3-1-11(2-4-12)9-13-5-6-14-15(18-13)19(7-8-20)10-17-14/h1-6,8,10H,7,9H2. The van der Waals surface area contributed by atoms with Gasteiger partial charge in [-0.15, -0.1) is 0 Å². The number of aldehydes is 1. The molecule has 0 saturated heterocycles. The molecule has 2 heterocycles. The third-order valence-electron chi connectivity index (χ3n) is 3.09. The van der Waals surface area contributed by atoms with Crippen LogP contribution in [0.25, 0.3) is 11.2 Å². The van der Waals surface area contributed by atoms with Gasteiger partial charge in [-0.3, -0.25) is 0 Å². The van der Waals surface area contributed by atoms with E-state index in [0.717, 1.165) is 23.1 Å². The van der Waals surface area contributed by atoms with E-state index < -0.39 is 0 Å². The molecule has 0 aliphatic heterocycles. The van der Waals surface area contributed by atoms with Crippen LogP contribution in [0.5, 0.6) is 0 Å². The predicted octanol–water partition coefficient (Wildman–Crippen LogP) is 2.36. The van der Waals surface area contributed by atoms with Gasteiger partial charge in [0.15, 0.2) is 5.65 Å². The van der Waals surface area contributed by atoms with Crippen LogP contribution in [0.1, 0.15) is 11.3 Å². The molecule has 0 aliphatic carbocycles. The Morgan fingerprint density at radius 3 is 2.70 bits per heavy atom. The zero-order valence-electron chi connectivity index (χ0n) is 10.7. The first-order chi connectivity index (χ1) is 9.76. The van der Waals surface area contributed by atoms with Gasteiger partial charge in [0.1, 0.15) is 17.6 Å². The summed E-state index contributed by atoms with van der Waals surface area (Å²) in [6.45, 7) is 0.240. The number of fused-ring (bicyclic) bond motifs is 1. The van der Waals surface area contributed by atoms with Gasteiger partial charge in [0, 0.05) is 12.1 Å². The molecular weight excluding hydrogens is 257 g/mol. The Balaban J connectivity index is 1.93. The van der Waals surface area contributed by atoms with Crippen LogP contribution in [-0.4, -0.2) is 20.8 Å². The lowest BCUT2D eigenvalue weighted by atomic mass is 10.1. The molecule has 0 fully saturated rings. The number of carbonyl (C=O) groups is 1. The largest absolute Gasteiger partial charge is 0.308 e. The van der Waals surface area contributed by atoms with Crippen LogP contribution in [0.2, 0.25) is 0 Å². The molecule has 4 nitrogen and oxygen atoms in total. The summed E-state index contributed by atoms with van der Waals surface area (Å²) >= 11 is 0. The maximum Gasteiger partial charge on any atom is 0.160 e. The Labute approximate surface area is 114 Å². The van der Waals surface area contributed by atoms with Gasteiger partial charge >= 0.3 is 0 Å².